The van der Waals surface area contributed by atoms with E-state index in [0.717, 1.165) is 11.1 Å². The molecule has 16 nitrogen and oxygen atoms in total. The van der Waals surface area contributed by atoms with Gasteiger partial charge in [0.1, 0.15) is 24.4 Å². The van der Waals surface area contributed by atoms with Gasteiger partial charge in [-0.15, -0.1) is 0 Å². The lowest BCUT2D eigenvalue weighted by atomic mass is 9.84. The van der Waals surface area contributed by atoms with Crippen LogP contribution in [0.1, 0.15) is 17.5 Å². The fourth-order valence-electron chi connectivity index (χ4n) is 5.36. The van der Waals surface area contributed by atoms with Crippen molar-refractivity contribution in [2.75, 3.05) is 13.6 Å². The van der Waals surface area contributed by atoms with E-state index in [9.17, 15) is 21.3 Å². The van der Waals surface area contributed by atoms with Crippen LogP contribution in [0, 0.1) is 0 Å². The number of aliphatic hydroxyl groups is 2. The van der Waals surface area contributed by atoms with Gasteiger partial charge in [-0.05, 0) is 41.2 Å². The fourth-order valence-corrected chi connectivity index (χ4v) is 5.36. The Morgan fingerprint density at radius 1 is 0.837 bits per heavy atom. The van der Waals surface area contributed by atoms with Gasteiger partial charge in [-0.3, -0.25) is 0 Å². The van der Waals surface area contributed by atoms with Gasteiger partial charge in [-0.1, -0.05) is 76.0 Å². The maximum Gasteiger partial charge on any atom is 0.169 e. The summed E-state index contributed by atoms with van der Waals surface area (Å²) >= 11 is 0. The number of hydrogen-bond acceptors (Lipinski definition) is 10. The number of nitrogens with zero attached hydrogens (tertiary/aromatic N) is 9. The van der Waals surface area contributed by atoms with Gasteiger partial charge in [-0.2, -0.15) is 0 Å². The third-order valence-corrected chi connectivity index (χ3v) is 7.53. The number of hydrogen-bond donors (Lipinski definition) is 3. The molecule has 4 unspecified atom stereocenters. The zero-order valence-electron chi connectivity index (χ0n) is 23.4. The summed E-state index contributed by atoms with van der Waals surface area (Å²) < 4.78 is 25.0. The minimum atomic E-state index is -1.48. The van der Waals surface area contributed by atoms with Crippen molar-refractivity contribution in [3.8, 4) is 0 Å². The van der Waals surface area contributed by atoms with Crippen molar-refractivity contribution in [2.24, 2.45) is 15.3 Å². The quantitative estimate of drug-likeness (QED) is 0.176. The molecule has 1 saturated heterocycles. The van der Waals surface area contributed by atoms with Crippen molar-refractivity contribution >= 4 is 0 Å². The molecule has 228 valence electrons. The van der Waals surface area contributed by atoms with Crippen LogP contribution in [0.25, 0.3) is 31.3 Å². The van der Waals surface area contributed by atoms with Crippen molar-refractivity contribution in [3.05, 3.63) is 103 Å². The number of azide groups is 3. The average Bonchev–Trinajstić information content (AvgIpc) is 3.03. The van der Waals surface area contributed by atoms with E-state index in [1.54, 1.807) is 7.05 Å². The van der Waals surface area contributed by atoms with Gasteiger partial charge in [-0.25, -0.2) is 0 Å². The molecule has 1 aliphatic carbocycles. The average molecular weight is 595 g/mol. The maximum absolute atomic E-state index is 11.0. The van der Waals surface area contributed by atoms with E-state index in [2.05, 4.69) is 35.4 Å². The molecule has 1 saturated carbocycles. The van der Waals surface area contributed by atoms with Crippen LogP contribution in [0.2, 0.25) is 0 Å². The van der Waals surface area contributed by atoms with E-state index in [0.29, 0.717) is 0 Å². The van der Waals surface area contributed by atoms with Crippen LogP contribution in [0.15, 0.2) is 76.0 Å². The highest BCUT2D eigenvalue weighted by Crippen LogP contribution is 2.34. The molecule has 16 heteroatoms. The summed E-state index contributed by atoms with van der Waals surface area (Å²) in [5, 5.41) is 36.0. The Morgan fingerprint density at radius 3 is 2.00 bits per heavy atom. The summed E-state index contributed by atoms with van der Waals surface area (Å²) in [6.45, 7) is 0.0891. The lowest BCUT2D eigenvalue weighted by Crippen LogP contribution is -2.64. The lowest BCUT2D eigenvalue weighted by molar-refractivity contribution is -0.300. The Hall–Kier alpha value is -3.91. The first-order valence-corrected chi connectivity index (χ1v) is 13.7. The van der Waals surface area contributed by atoms with Crippen LogP contribution in [-0.2, 0) is 32.2 Å². The normalized spacial score (nSPS) is 32.1. The molecule has 0 aromatic heterocycles. The molecule has 10 atom stereocenters. The van der Waals surface area contributed by atoms with Gasteiger partial charge in [0.05, 0.1) is 44.1 Å². The number of likely N-dealkylation sites (N-methyl/N-ethyl adjacent to an activating group) is 1. The number of rotatable bonds is 13. The van der Waals surface area contributed by atoms with Crippen molar-refractivity contribution < 1.29 is 29.2 Å². The van der Waals surface area contributed by atoms with Crippen molar-refractivity contribution in [1.82, 2.24) is 5.32 Å². The third kappa shape index (κ3) is 8.14. The van der Waals surface area contributed by atoms with Crippen molar-refractivity contribution in [1.29, 1.82) is 0 Å². The Morgan fingerprint density at radius 2 is 1.44 bits per heavy atom. The first kappa shape index (κ1) is 32.0. The highest BCUT2D eigenvalue weighted by Gasteiger charge is 2.51. The van der Waals surface area contributed by atoms with Crippen LogP contribution in [0.4, 0.5) is 0 Å². The molecule has 1 aliphatic heterocycles. The molecule has 2 aromatic rings. The molecule has 0 amide bonds. The number of benzene rings is 2. The summed E-state index contributed by atoms with van der Waals surface area (Å²) in [5.41, 5.74) is 29.6. The third-order valence-electron chi connectivity index (χ3n) is 7.53. The molecule has 2 aliphatic rings. The summed E-state index contributed by atoms with van der Waals surface area (Å²) in [6.07, 6.45) is -7.95. The molecular formula is C27H34N10O6. The van der Waals surface area contributed by atoms with Crippen molar-refractivity contribution in [2.45, 2.75) is 80.7 Å². The standard InChI is InChI=1S/C27H34N10O6/c1-31-18-12-19(33-36-29)24(23(39)22(18)38)43-27-21(34-37-30)26(41-15-17-10-6-3-7-11-17)25(20(42-27)13-32-35-28)40-14-16-8-4-2-5-9-16/h2-11,18-27,31,38-39H,12-15H2,1H3/t18-,19?,20?,21?,22?,23-,24+,25+,26-,27+/m1/s1. The topological polar surface area (TPSA) is 236 Å². The van der Waals surface area contributed by atoms with Gasteiger partial charge in [0.15, 0.2) is 6.29 Å². The minimum Gasteiger partial charge on any atom is -0.389 e. The van der Waals surface area contributed by atoms with Crippen LogP contribution < -0.4 is 5.32 Å². The zero-order valence-corrected chi connectivity index (χ0v) is 23.4. The Labute approximate surface area is 247 Å². The SMILES string of the molecule is CN[C@@H]1CC(N=[N+]=[N-])[C@H](O[C@@H]2OC(CN=[N+]=[N-])[C@H](OCc3ccccc3)[C@H](OCc3ccccc3)C2N=[N+]=[N-])[C@H](O)C1O. The summed E-state index contributed by atoms with van der Waals surface area (Å²) in [6, 6.07) is 16.1. The van der Waals surface area contributed by atoms with Crippen LogP contribution >= 0.6 is 0 Å². The van der Waals surface area contributed by atoms with Crippen LogP contribution in [0.5, 0.6) is 0 Å². The molecule has 2 aromatic carbocycles. The smallest absolute Gasteiger partial charge is 0.169 e. The molecule has 4 rings (SSSR count). The Bertz CT molecular complexity index is 1310. The second kappa shape index (κ2) is 16.1. The molecular weight excluding hydrogens is 560 g/mol. The largest absolute Gasteiger partial charge is 0.389 e. The van der Waals surface area contributed by atoms with E-state index < -0.39 is 61.0 Å². The predicted molar refractivity (Wildman–Crippen MR) is 153 cm³/mol. The first-order chi connectivity index (χ1) is 21.0. The van der Waals surface area contributed by atoms with E-state index in [1.165, 1.54) is 0 Å². The van der Waals surface area contributed by atoms with Gasteiger partial charge in [0, 0.05) is 20.8 Å². The Balaban J connectivity index is 1.68. The van der Waals surface area contributed by atoms with Gasteiger partial charge in [0.2, 0.25) is 0 Å². The molecule has 43 heavy (non-hydrogen) atoms. The van der Waals surface area contributed by atoms with E-state index in [-0.39, 0.29) is 26.2 Å². The highest BCUT2D eigenvalue weighted by atomic mass is 16.7. The minimum absolute atomic E-state index is 0.116. The summed E-state index contributed by atoms with van der Waals surface area (Å²) in [4.78, 5) is 8.76. The van der Waals surface area contributed by atoms with Gasteiger partial charge >= 0.3 is 0 Å². The van der Waals surface area contributed by atoms with Crippen LogP contribution in [0.3, 0.4) is 0 Å². The maximum atomic E-state index is 11.0. The Kier molecular flexibility index (Phi) is 12.0. The van der Waals surface area contributed by atoms with Gasteiger partial charge in [0.25, 0.3) is 0 Å². The number of nitrogens with one attached hydrogen (secondary N) is 1. The monoisotopic (exact) mass is 594 g/mol. The second-order valence-corrected chi connectivity index (χ2v) is 10.2. The second-order valence-electron chi connectivity index (χ2n) is 10.2. The molecule has 2 fully saturated rings. The zero-order chi connectivity index (χ0) is 30.6. The van der Waals surface area contributed by atoms with Crippen molar-refractivity contribution in [3.63, 3.8) is 0 Å². The van der Waals surface area contributed by atoms with E-state index in [4.69, 9.17) is 24.5 Å². The molecule has 0 bridgehead atoms. The van der Waals surface area contributed by atoms with Crippen LogP contribution in [-0.4, -0.2) is 84.8 Å². The first-order valence-electron chi connectivity index (χ1n) is 13.7. The molecule has 1 heterocycles. The molecule has 3 N–H and O–H groups in total. The summed E-state index contributed by atoms with van der Waals surface area (Å²) in [5.74, 6) is 0. The highest BCUT2D eigenvalue weighted by molar-refractivity contribution is 5.15. The predicted octanol–water partition coefficient (Wildman–Crippen LogP) is 3.65. The molecule has 0 radical (unpaired) electrons. The van der Waals surface area contributed by atoms with Gasteiger partial charge < -0.3 is 34.5 Å². The van der Waals surface area contributed by atoms with E-state index in [1.807, 2.05) is 60.7 Å². The molecule has 0 spiro atoms. The number of aliphatic hydroxyl groups excluding tert-OH is 2. The lowest BCUT2D eigenvalue weighted by Gasteiger charge is -2.47. The number of ether oxygens (including phenoxy) is 4. The fraction of sp³-hybridized carbons (Fsp3) is 0.556. The summed E-state index contributed by atoms with van der Waals surface area (Å²) in [7, 11) is 1.61. The van der Waals surface area contributed by atoms with E-state index >= 15 is 0 Å².